The van der Waals surface area contributed by atoms with Gasteiger partial charge in [-0.3, -0.25) is 0 Å². The van der Waals surface area contributed by atoms with Gasteiger partial charge in [-0.25, -0.2) is 0 Å². The first-order valence-corrected chi connectivity index (χ1v) is 7.01. The first kappa shape index (κ1) is 14.8. The Morgan fingerprint density at radius 1 is 1.44 bits per heavy atom. The highest BCUT2D eigenvalue weighted by Gasteiger charge is 2.44. The third-order valence-electron chi connectivity index (χ3n) is 4.82. The van der Waals surface area contributed by atoms with Crippen LogP contribution in [-0.4, -0.2) is 0 Å². The fraction of sp³-hybridized carbons (Fsp3) is 0.588. The summed E-state index contributed by atoms with van der Waals surface area (Å²) in [4.78, 5) is 0. The molecule has 98 valence electrons. The fourth-order valence-electron chi connectivity index (χ4n) is 3.75. The second kappa shape index (κ2) is 6.59. The SMILES string of the molecule is C=CCC1CCC(=C)C(/C=C/C#N)C1(CC)CC. The van der Waals surface area contributed by atoms with E-state index in [1.807, 2.05) is 6.08 Å². The number of hydrogen-bond donors (Lipinski definition) is 0. The molecule has 0 spiro atoms. The van der Waals surface area contributed by atoms with Crippen LogP contribution in [0.3, 0.4) is 0 Å². The predicted molar refractivity (Wildman–Crippen MR) is 77.9 cm³/mol. The van der Waals surface area contributed by atoms with Crippen LogP contribution in [0.1, 0.15) is 46.0 Å². The van der Waals surface area contributed by atoms with E-state index in [4.69, 9.17) is 5.26 Å². The molecule has 1 aliphatic rings. The van der Waals surface area contributed by atoms with Crippen LogP contribution in [0.15, 0.2) is 37.0 Å². The van der Waals surface area contributed by atoms with E-state index in [1.54, 1.807) is 6.08 Å². The summed E-state index contributed by atoms with van der Waals surface area (Å²) in [6, 6.07) is 2.13. The zero-order chi connectivity index (χ0) is 13.6. The lowest BCUT2D eigenvalue weighted by Gasteiger charge is -2.49. The Kier molecular flexibility index (Phi) is 5.41. The van der Waals surface area contributed by atoms with Gasteiger partial charge in [0.25, 0.3) is 0 Å². The minimum Gasteiger partial charge on any atom is -0.193 e. The Bertz CT molecular complexity index is 366. The van der Waals surface area contributed by atoms with Gasteiger partial charge in [0, 0.05) is 12.0 Å². The van der Waals surface area contributed by atoms with Crippen molar-refractivity contribution in [1.82, 2.24) is 0 Å². The highest BCUT2D eigenvalue weighted by Crippen LogP contribution is 2.53. The predicted octanol–water partition coefficient (Wildman–Crippen LogP) is 5.03. The van der Waals surface area contributed by atoms with Gasteiger partial charge in [0.05, 0.1) is 6.07 Å². The molecular formula is C17H25N. The van der Waals surface area contributed by atoms with Gasteiger partial charge in [-0.05, 0) is 43.4 Å². The zero-order valence-electron chi connectivity index (χ0n) is 11.8. The van der Waals surface area contributed by atoms with Crippen molar-refractivity contribution in [2.45, 2.75) is 46.0 Å². The highest BCUT2D eigenvalue weighted by molar-refractivity contribution is 5.22. The summed E-state index contributed by atoms with van der Waals surface area (Å²) in [6.45, 7) is 12.7. The largest absolute Gasteiger partial charge is 0.193 e. The third kappa shape index (κ3) is 2.58. The molecule has 0 heterocycles. The van der Waals surface area contributed by atoms with E-state index in [0.717, 1.165) is 25.7 Å². The molecule has 0 N–H and O–H groups in total. The molecule has 0 amide bonds. The minimum atomic E-state index is 0.261. The molecule has 1 fully saturated rings. The standard InChI is InChI=1S/C17H25N/c1-5-9-15-12-11-14(4)16(10-8-13-18)17(15,6-2)7-3/h5,8,10,15-16H,1,4,6-7,9,11-12H2,2-3H3/b10-8+. The lowest BCUT2D eigenvalue weighted by molar-refractivity contribution is 0.0712. The molecule has 0 aromatic heterocycles. The van der Waals surface area contributed by atoms with Crippen molar-refractivity contribution in [1.29, 1.82) is 5.26 Å². The van der Waals surface area contributed by atoms with Crippen molar-refractivity contribution in [2.75, 3.05) is 0 Å². The van der Waals surface area contributed by atoms with E-state index >= 15 is 0 Å². The molecule has 0 radical (unpaired) electrons. The van der Waals surface area contributed by atoms with Gasteiger partial charge in [-0.15, -0.1) is 6.58 Å². The molecule has 2 unspecified atom stereocenters. The maximum atomic E-state index is 8.79. The second-order valence-electron chi connectivity index (χ2n) is 5.32. The van der Waals surface area contributed by atoms with Crippen LogP contribution in [0.2, 0.25) is 0 Å². The summed E-state index contributed by atoms with van der Waals surface area (Å²) in [5.74, 6) is 1.02. The van der Waals surface area contributed by atoms with Crippen molar-refractivity contribution < 1.29 is 0 Å². The number of nitrogens with zero attached hydrogens (tertiary/aromatic N) is 1. The van der Waals surface area contributed by atoms with E-state index in [2.05, 4.69) is 39.2 Å². The average molecular weight is 243 g/mol. The summed E-state index contributed by atoms with van der Waals surface area (Å²) >= 11 is 0. The Labute approximate surface area is 112 Å². The van der Waals surface area contributed by atoms with Gasteiger partial charge in [0.15, 0.2) is 0 Å². The van der Waals surface area contributed by atoms with Gasteiger partial charge in [0.1, 0.15) is 0 Å². The van der Waals surface area contributed by atoms with Crippen LogP contribution in [0.25, 0.3) is 0 Å². The Balaban J connectivity index is 3.14. The quantitative estimate of drug-likeness (QED) is 0.490. The summed E-state index contributed by atoms with van der Waals surface area (Å²) in [5.41, 5.74) is 1.56. The van der Waals surface area contributed by atoms with Crippen molar-refractivity contribution in [3.05, 3.63) is 37.0 Å². The molecule has 18 heavy (non-hydrogen) atoms. The Morgan fingerprint density at radius 3 is 2.61 bits per heavy atom. The van der Waals surface area contributed by atoms with Crippen LogP contribution in [-0.2, 0) is 0 Å². The van der Waals surface area contributed by atoms with Gasteiger partial charge in [-0.1, -0.05) is 38.2 Å². The first-order valence-electron chi connectivity index (χ1n) is 7.01. The first-order chi connectivity index (χ1) is 8.66. The van der Waals surface area contributed by atoms with Crippen LogP contribution in [0.5, 0.6) is 0 Å². The molecule has 0 bridgehead atoms. The zero-order valence-corrected chi connectivity index (χ0v) is 11.8. The topological polar surface area (TPSA) is 23.8 Å². The molecule has 1 rings (SSSR count). The third-order valence-corrected chi connectivity index (χ3v) is 4.82. The molecule has 1 saturated carbocycles. The van der Waals surface area contributed by atoms with E-state index in [0.29, 0.717) is 11.8 Å². The monoisotopic (exact) mass is 243 g/mol. The second-order valence-corrected chi connectivity index (χ2v) is 5.32. The lowest BCUT2D eigenvalue weighted by atomic mass is 9.55. The summed E-state index contributed by atoms with van der Waals surface area (Å²) in [7, 11) is 0. The van der Waals surface area contributed by atoms with E-state index in [-0.39, 0.29) is 5.41 Å². The van der Waals surface area contributed by atoms with Gasteiger partial charge < -0.3 is 0 Å². The van der Waals surface area contributed by atoms with Crippen LogP contribution in [0.4, 0.5) is 0 Å². The van der Waals surface area contributed by atoms with E-state index < -0.39 is 0 Å². The van der Waals surface area contributed by atoms with Crippen LogP contribution in [0, 0.1) is 28.6 Å². The Hall–Kier alpha value is -1.29. The van der Waals surface area contributed by atoms with Crippen LogP contribution < -0.4 is 0 Å². The molecule has 0 saturated heterocycles. The molecule has 0 aromatic carbocycles. The fourth-order valence-corrected chi connectivity index (χ4v) is 3.75. The van der Waals surface area contributed by atoms with Crippen molar-refractivity contribution in [3.63, 3.8) is 0 Å². The molecule has 1 heteroatoms. The van der Waals surface area contributed by atoms with Gasteiger partial charge >= 0.3 is 0 Å². The van der Waals surface area contributed by atoms with E-state index in [1.165, 1.54) is 12.0 Å². The Morgan fingerprint density at radius 2 is 2.11 bits per heavy atom. The van der Waals surface area contributed by atoms with Crippen molar-refractivity contribution in [3.8, 4) is 6.07 Å². The number of hydrogen-bond acceptors (Lipinski definition) is 1. The molecule has 0 aliphatic heterocycles. The number of nitriles is 1. The molecular weight excluding hydrogens is 218 g/mol. The maximum Gasteiger partial charge on any atom is 0.0908 e. The molecule has 1 aliphatic carbocycles. The maximum absolute atomic E-state index is 8.79. The number of allylic oxidation sites excluding steroid dienone is 4. The normalized spacial score (nSPS) is 27.1. The lowest BCUT2D eigenvalue weighted by Crippen LogP contribution is -2.40. The molecule has 2 atom stereocenters. The molecule has 1 nitrogen and oxygen atoms in total. The average Bonchev–Trinajstić information content (AvgIpc) is 2.39. The minimum absolute atomic E-state index is 0.261. The molecule has 0 aromatic rings. The summed E-state index contributed by atoms with van der Waals surface area (Å²) in [6.07, 6.45) is 11.4. The number of rotatable bonds is 5. The van der Waals surface area contributed by atoms with Gasteiger partial charge in [-0.2, -0.15) is 5.26 Å². The smallest absolute Gasteiger partial charge is 0.0908 e. The summed E-state index contributed by atoms with van der Waals surface area (Å²) in [5, 5.41) is 8.79. The van der Waals surface area contributed by atoms with E-state index in [9.17, 15) is 0 Å². The van der Waals surface area contributed by atoms with Gasteiger partial charge in [0.2, 0.25) is 0 Å². The summed E-state index contributed by atoms with van der Waals surface area (Å²) < 4.78 is 0. The van der Waals surface area contributed by atoms with Crippen LogP contribution >= 0.6 is 0 Å². The van der Waals surface area contributed by atoms with Crippen molar-refractivity contribution >= 4 is 0 Å². The van der Waals surface area contributed by atoms with Crippen molar-refractivity contribution in [2.24, 2.45) is 17.3 Å². The highest BCUT2D eigenvalue weighted by atomic mass is 14.5.